The monoisotopic (exact) mass is 408 g/mol. The first kappa shape index (κ1) is 19.9. The van der Waals surface area contributed by atoms with Crippen molar-refractivity contribution in [2.45, 2.75) is 26.3 Å². The van der Waals surface area contributed by atoms with Crippen molar-refractivity contribution in [1.82, 2.24) is 19.6 Å². The number of rotatable bonds is 5. The normalized spacial score (nSPS) is 14.3. The molecule has 8 nitrogen and oxygen atoms in total. The van der Waals surface area contributed by atoms with Gasteiger partial charge in [-0.1, -0.05) is 31.5 Å². The smallest absolute Gasteiger partial charge is 0.289 e. The maximum Gasteiger partial charge on any atom is 0.289 e. The molecule has 3 aromatic rings. The second-order valence-corrected chi connectivity index (χ2v) is 7.34. The molecule has 1 aliphatic heterocycles. The van der Waals surface area contributed by atoms with Gasteiger partial charge in [-0.25, -0.2) is 4.68 Å². The summed E-state index contributed by atoms with van der Waals surface area (Å²) in [7, 11) is 0. The first-order chi connectivity index (χ1) is 14.6. The predicted octanol–water partition coefficient (Wildman–Crippen LogP) is 2.39. The Balaban J connectivity index is 1.57. The van der Waals surface area contributed by atoms with E-state index in [9.17, 15) is 14.4 Å². The van der Waals surface area contributed by atoms with E-state index < -0.39 is 0 Å². The maximum atomic E-state index is 13.3. The van der Waals surface area contributed by atoms with Crippen LogP contribution in [0.1, 0.15) is 40.8 Å². The van der Waals surface area contributed by atoms with Gasteiger partial charge < -0.3 is 14.2 Å². The van der Waals surface area contributed by atoms with Crippen LogP contribution in [0.2, 0.25) is 0 Å². The van der Waals surface area contributed by atoms with E-state index in [4.69, 9.17) is 4.42 Å². The molecule has 0 saturated carbocycles. The molecule has 0 unspecified atom stereocenters. The lowest BCUT2D eigenvalue weighted by Crippen LogP contribution is -2.51. The second kappa shape index (κ2) is 8.52. The minimum absolute atomic E-state index is 0.176. The van der Waals surface area contributed by atoms with E-state index >= 15 is 0 Å². The highest BCUT2D eigenvalue weighted by molar-refractivity contribution is 6.04. The van der Waals surface area contributed by atoms with E-state index in [1.807, 2.05) is 6.92 Å². The number of aromatic nitrogens is 2. The van der Waals surface area contributed by atoms with Gasteiger partial charge in [-0.15, -0.1) is 0 Å². The average molecular weight is 408 g/mol. The minimum atomic E-state index is -0.221. The fourth-order valence-electron chi connectivity index (χ4n) is 3.67. The van der Waals surface area contributed by atoms with Crippen molar-refractivity contribution in [3.63, 3.8) is 0 Å². The number of hydrogen-bond donors (Lipinski definition) is 0. The van der Waals surface area contributed by atoms with Gasteiger partial charge in [-0.05, 0) is 24.6 Å². The molecular weight excluding hydrogens is 384 g/mol. The van der Waals surface area contributed by atoms with E-state index in [1.165, 1.54) is 10.9 Å². The molecular formula is C22H24N4O4. The summed E-state index contributed by atoms with van der Waals surface area (Å²) in [4.78, 5) is 41.8. The summed E-state index contributed by atoms with van der Waals surface area (Å²) in [5, 5.41) is 5.49. The zero-order valence-corrected chi connectivity index (χ0v) is 16.9. The Hall–Kier alpha value is -3.42. The number of fused-ring (bicyclic) bond motifs is 1. The molecule has 4 rings (SSSR count). The van der Waals surface area contributed by atoms with Crippen LogP contribution in [0.15, 0.2) is 51.9 Å². The van der Waals surface area contributed by atoms with Crippen LogP contribution in [0.3, 0.4) is 0 Å². The molecule has 1 fully saturated rings. The molecule has 156 valence electrons. The van der Waals surface area contributed by atoms with Gasteiger partial charge in [0.15, 0.2) is 11.5 Å². The third-order valence-electron chi connectivity index (χ3n) is 5.38. The number of hydrogen-bond acceptors (Lipinski definition) is 5. The number of nitrogens with zero attached hydrogens (tertiary/aromatic N) is 4. The molecule has 2 aromatic heterocycles. The third kappa shape index (κ3) is 3.72. The highest BCUT2D eigenvalue weighted by atomic mass is 16.3. The molecule has 3 heterocycles. The lowest BCUT2D eigenvalue weighted by Gasteiger charge is -2.34. The van der Waals surface area contributed by atoms with E-state index in [2.05, 4.69) is 5.10 Å². The Morgan fingerprint density at radius 2 is 1.63 bits per heavy atom. The number of unbranched alkanes of at least 4 members (excludes halogenated alkanes) is 1. The van der Waals surface area contributed by atoms with Gasteiger partial charge in [0.1, 0.15) is 0 Å². The van der Waals surface area contributed by atoms with Crippen molar-refractivity contribution in [2.24, 2.45) is 0 Å². The second-order valence-electron chi connectivity index (χ2n) is 7.34. The molecule has 1 aliphatic rings. The topological polar surface area (TPSA) is 88.7 Å². The van der Waals surface area contributed by atoms with Crippen molar-refractivity contribution in [3.05, 3.63) is 64.5 Å². The standard InChI is InChI=1S/C22H24N4O4/c1-2-3-10-26-20(27)17-8-5-4-7-16(17)19(23-26)22(29)25-13-11-24(12-14-25)21(28)18-9-6-15-30-18/h4-9,15H,2-3,10-14H2,1H3. The quantitative estimate of drug-likeness (QED) is 0.647. The number of carbonyl (C=O) groups excluding carboxylic acids is 2. The van der Waals surface area contributed by atoms with Crippen LogP contribution in [-0.2, 0) is 6.54 Å². The highest BCUT2D eigenvalue weighted by Gasteiger charge is 2.28. The van der Waals surface area contributed by atoms with Crippen LogP contribution in [-0.4, -0.2) is 57.6 Å². The summed E-state index contributed by atoms with van der Waals surface area (Å²) in [6.07, 6.45) is 3.21. The fourth-order valence-corrected chi connectivity index (χ4v) is 3.67. The molecule has 0 aliphatic carbocycles. The molecule has 1 saturated heterocycles. The van der Waals surface area contributed by atoms with E-state index in [1.54, 1.807) is 46.2 Å². The zero-order chi connectivity index (χ0) is 21.1. The molecule has 0 radical (unpaired) electrons. The van der Waals surface area contributed by atoms with Crippen molar-refractivity contribution in [3.8, 4) is 0 Å². The van der Waals surface area contributed by atoms with Crippen molar-refractivity contribution in [2.75, 3.05) is 26.2 Å². The molecule has 30 heavy (non-hydrogen) atoms. The van der Waals surface area contributed by atoms with Gasteiger partial charge in [0.25, 0.3) is 17.4 Å². The predicted molar refractivity (Wildman–Crippen MR) is 111 cm³/mol. The average Bonchev–Trinajstić information content (AvgIpc) is 3.33. The lowest BCUT2D eigenvalue weighted by atomic mass is 10.1. The first-order valence-corrected chi connectivity index (χ1v) is 10.2. The number of aryl methyl sites for hydroxylation is 1. The van der Waals surface area contributed by atoms with Gasteiger partial charge >= 0.3 is 0 Å². The van der Waals surface area contributed by atoms with Crippen molar-refractivity contribution < 1.29 is 14.0 Å². The lowest BCUT2D eigenvalue weighted by molar-refractivity contribution is 0.0515. The van der Waals surface area contributed by atoms with Crippen molar-refractivity contribution in [1.29, 1.82) is 0 Å². The van der Waals surface area contributed by atoms with Crippen LogP contribution in [0.25, 0.3) is 10.8 Å². The Morgan fingerprint density at radius 1 is 0.967 bits per heavy atom. The van der Waals surface area contributed by atoms with Crippen molar-refractivity contribution >= 4 is 22.6 Å². The highest BCUT2D eigenvalue weighted by Crippen LogP contribution is 2.17. The van der Waals surface area contributed by atoms with Gasteiger partial charge in [-0.3, -0.25) is 14.4 Å². The summed E-state index contributed by atoms with van der Waals surface area (Å²) in [5.41, 5.74) is 0.108. The molecule has 0 atom stereocenters. The van der Waals surface area contributed by atoms with Gasteiger partial charge in [0.05, 0.1) is 11.6 Å². The third-order valence-corrected chi connectivity index (χ3v) is 5.38. The fraction of sp³-hybridized carbons (Fsp3) is 0.364. The summed E-state index contributed by atoms with van der Waals surface area (Å²) in [6.45, 7) is 4.15. The Kier molecular flexibility index (Phi) is 5.65. The van der Waals surface area contributed by atoms with Crippen LogP contribution in [0.4, 0.5) is 0 Å². The van der Waals surface area contributed by atoms with Crippen LogP contribution in [0, 0.1) is 0 Å². The van der Waals surface area contributed by atoms with Crippen LogP contribution < -0.4 is 5.56 Å². The molecule has 8 heteroatoms. The summed E-state index contributed by atoms with van der Waals surface area (Å²) in [6, 6.07) is 10.4. The molecule has 1 aromatic carbocycles. The largest absolute Gasteiger partial charge is 0.459 e. The van der Waals surface area contributed by atoms with Gasteiger partial charge in [-0.2, -0.15) is 5.10 Å². The molecule has 2 amide bonds. The Bertz CT molecular complexity index is 1110. The number of benzene rings is 1. The van der Waals surface area contributed by atoms with Gasteiger partial charge in [0.2, 0.25) is 0 Å². The zero-order valence-electron chi connectivity index (χ0n) is 16.9. The molecule has 0 bridgehead atoms. The van der Waals surface area contributed by atoms with Crippen LogP contribution in [0.5, 0.6) is 0 Å². The Morgan fingerprint density at radius 3 is 2.27 bits per heavy atom. The number of amides is 2. The number of piperazine rings is 1. The summed E-state index contributed by atoms with van der Waals surface area (Å²) in [5.74, 6) is -0.101. The first-order valence-electron chi connectivity index (χ1n) is 10.2. The summed E-state index contributed by atoms with van der Waals surface area (Å²) < 4.78 is 6.58. The minimum Gasteiger partial charge on any atom is -0.459 e. The number of furan rings is 1. The van der Waals surface area contributed by atoms with E-state index in [0.29, 0.717) is 49.3 Å². The van der Waals surface area contributed by atoms with E-state index in [0.717, 1.165) is 12.8 Å². The van der Waals surface area contributed by atoms with Gasteiger partial charge in [0, 0.05) is 38.1 Å². The molecule has 0 spiro atoms. The summed E-state index contributed by atoms with van der Waals surface area (Å²) >= 11 is 0. The van der Waals surface area contributed by atoms with Crippen LogP contribution >= 0.6 is 0 Å². The SMILES string of the molecule is CCCCn1nc(C(=O)N2CCN(C(=O)c3ccco3)CC2)c2ccccc2c1=O. The van der Waals surface area contributed by atoms with E-state index in [-0.39, 0.29) is 23.1 Å². The maximum absolute atomic E-state index is 13.3. The Labute approximate surface area is 173 Å². The number of carbonyl (C=O) groups is 2. The molecule has 0 N–H and O–H groups in total.